The molecule has 2 N–H and O–H groups in total. The Hall–Kier alpha value is -0.650. The monoisotopic (exact) mass is 255 g/mol. The number of piperidine rings is 1. The van der Waals surface area contributed by atoms with Gasteiger partial charge in [0, 0.05) is 31.7 Å². The predicted octanol–water partition coefficient (Wildman–Crippen LogP) is 0.0453. The molecule has 1 unspecified atom stereocenters. The van der Waals surface area contributed by atoms with E-state index in [1.54, 1.807) is 0 Å². The van der Waals surface area contributed by atoms with E-state index >= 15 is 0 Å². The standard InChI is InChI=1S/C13H25N3O2/c1-10(2)15-5-3-11(4-6-15)16-12(7-14)8-18-9-13(16)17/h10-12H,3-9,14H2,1-2H3. The normalized spacial score (nSPS) is 28.1. The molecule has 0 aromatic heterocycles. The Kier molecular flexibility index (Phi) is 4.59. The highest BCUT2D eigenvalue weighted by atomic mass is 16.5. The number of rotatable bonds is 3. The van der Waals surface area contributed by atoms with Crippen LogP contribution in [0.4, 0.5) is 0 Å². The highest BCUT2D eigenvalue weighted by Crippen LogP contribution is 2.22. The van der Waals surface area contributed by atoms with Crippen LogP contribution in [-0.4, -0.2) is 66.7 Å². The number of amides is 1. The van der Waals surface area contributed by atoms with Gasteiger partial charge >= 0.3 is 0 Å². The molecule has 0 spiro atoms. The zero-order valence-corrected chi connectivity index (χ0v) is 11.5. The maximum absolute atomic E-state index is 12.0. The maximum Gasteiger partial charge on any atom is 0.249 e. The number of morpholine rings is 1. The minimum atomic E-state index is 0.0712. The number of hydrogen-bond acceptors (Lipinski definition) is 4. The lowest BCUT2D eigenvalue weighted by Crippen LogP contribution is -2.59. The number of nitrogens with two attached hydrogens (primary N) is 1. The van der Waals surface area contributed by atoms with Gasteiger partial charge in [0.25, 0.3) is 0 Å². The summed E-state index contributed by atoms with van der Waals surface area (Å²) in [6.45, 7) is 7.91. The van der Waals surface area contributed by atoms with E-state index in [0.717, 1.165) is 25.9 Å². The van der Waals surface area contributed by atoms with Crippen molar-refractivity contribution in [2.24, 2.45) is 5.73 Å². The van der Waals surface area contributed by atoms with E-state index < -0.39 is 0 Å². The fraction of sp³-hybridized carbons (Fsp3) is 0.923. The van der Waals surface area contributed by atoms with Crippen LogP contribution < -0.4 is 5.73 Å². The average Bonchev–Trinajstić information content (AvgIpc) is 2.38. The summed E-state index contributed by atoms with van der Waals surface area (Å²) in [7, 11) is 0. The minimum Gasteiger partial charge on any atom is -0.369 e. The van der Waals surface area contributed by atoms with E-state index in [-0.39, 0.29) is 18.6 Å². The van der Waals surface area contributed by atoms with Gasteiger partial charge in [-0.05, 0) is 26.7 Å². The van der Waals surface area contributed by atoms with E-state index in [9.17, 15) is 4.79 Å². The third-order valence-corrected chi connectivity index (χ3v) is 4.11. The van der Waals surface area contributed by atoms with Gasteiger partial charge in [-0.1, -0.05) is 0 Å². The molecule has 2 heterocycles. The largest absolute Gasteiger partial charge is 0.369 e. The van der Waals surface area contributed by atoms with Crippen LogP contribution in [0.3, 0.4) is 0 Å². The predicted molar refractivity (Wildman–Crippen MR) is 70.2 cm³/mol. The van der Waals surface area contributed by atoms with Crippen molar-refractivity contribution in [3.05, 3.63) is 0 Å². The molecule has 0 radical (unpaired) electrons. The van der Waals surface area contributed by atoms with Gasteiger partial charge in [-0.25, -0.2) is 0 Å². The summed E-state index contributed by atoms with van der Waals surface area (Å²) < 4.78 is 5.28. The number of hydrogen-bond donors (Lipinski definition) is 1. The molecular formula is C13H25N3O2. The Labute approximate surface area is 109 Å². The van der Waals surface area contributed by atoms with Gasteiger partial charge in [-0.3, -0.25) is 4.79 Å². The molecule has 2 fully saturated rings. The van der Waals surface area contributed by atoms with Gasteiger partial charge in [0.1, 0.15) is 6.61 Å². The Balaban J connectivity index is 1.96. The van der Waals surface area contributed by atoms with Crippen LogP contribution >= 0.6 is 0 Å². The van der Waals surface area contributed by atoms with Crippen molar-refractivity contribution in [1.29, 1.82) is 0 Å². The molecule has 0 aliphatic carbocycles. The Morgan fingerprint density at radius 1 is 1.39 bits per heavy atom. The number of carbonyl (C=O) groups excluding carboxylic acids is 1. The third-order valence-electron chi connectivity index (χ3n) is 4.11. The summed E-state index contributed by atoms with van der Waals surface area (Å²) in [6.07, 6.45) is 2.11. The molecule has 1 amide bonds. The van der Waals surface area contributed by atoms with E-state index in [2.05, 4.69) is 18.7 Å². The zero-order valence-electron chi connectivity index (χ0n) is 11.5. The first kappa shape index (κ1) is 13.8. The highest BCUT2D eigenvalue weighted by molar-refractivity contribution is 5.78. The number of nitrogens with zero attached hydrogens (tertiary/aromatic N) is 2. The topological polar surface area (TPSA) is 58.8 Å². The summed E-state index contributed by atoms with van der Waals surface area (Å²) in [4.78, 5) is 16.5. The van der Waals surface area contributed by atoms with Crippen LogP contribution in [0.15, 0.2) is 0 Å². The molecule has 1 atom stereocenters. The van der Waals surface area contributed by atoms with Crippen molar-refractivity contribution >= 4 is 5.91 Å². The Morgan fingerprint density at radius 2 is 2.06 bits per heavy atom. The summed E-state index contributed by atoms with van der Waals surface area (Å²) in [5, 5.41) is 0. The molecule has 2 aliphatic rings. The Bertz CT molecular complexity index is 288. The molecular weight excluding hydrogens is 230 g/mol. The summed E-state index contributed by atoms with van der Waals surface area (Å²) in [5.74, 6) is 0.111. The smallest absolute Gasteiger partial charge is 0.249 e. The zero-order chi connectivity index (χ0) is 13.1. The molecule has 2 rings (SSSR count). The lowest BCUT2D eigenvalue weighted by atomic mass is 9.99. The van der Waals surface area contributed by atoms with E-state index in [1.807, 2.05) is 4.90 Å². The van der Waals surface area contributed by atoms with Gasteiger partial charge in [0.2, 0.25) is 5.91 Å². The molecule has 0 bridgehead atoms. The second-order valence-electron chi connectivity index (χ2n) is 5.57. The second-order valence-corrected chi connectivity index (χ2v) is 5.57. The molecule has 0 aromatic carbocycles. The lowest BCUT2D eigenvalue weighted by Gasteiger charge is -2.44. The lowest BCUT2D eigenvalue weighted by molar-refractivity contribution is -0.153. The van der Waals surface area contributed by atoms with Crippen LogP contribution in [0.2, 0.25) is 0 Å². The number of ether oxygens (including phenoxy) is 1. The first-order valence-corrected chi connectivity index (χ1v) is 6.96. The molecule has 2 aliphatic heterocycles. The summed E-state index contributed by atoms with van der Waals surface area (Å²) in [6, 6.07) is 1.02. The van der Waals surface area contributed by atoms with Gasteiger partial charge in [-0.15, -0.1) is 0 Å². The molecule has 0 aromatic rings. The molecule has 0 saturated carbocycles. The number of likely N-dealkylation sites (tertiary alicyclic amines) is 1. The van der Waals surface area contributed by atoms with Crippen LogP contribution in [0, 0.1) is 0 Å². The van der Waals surface area contributed by atoms with Crippen LogP contribution in [0.5, 0.6) is 0 Å². The summed E-state index contributed by atoms with van der Waals surface area (Å²) in [5.41, 5.74) is 5.75. The first-order chi connectivity index (χ1) is 8.63. The van der Waals surface area contributed by atoms with Gasteiger partial charge < -0.3 is 20.3 Å². The van der Waals surface area contributed by atoms with Crippen molar-refractivity contribution in [3.8, 4) is 0 Å². The SMILES string of the molecule is CC(C)N1CCC(N2C(=O)COCC2CN)CC1. The van der Waals surface area contributed by atoms with Crippen LogP contribution in [-0.2, 0) is 9.53 Å². The molecule has 2 saturated heterocycles. The van der Waals surface area contributed by atoms with Crippen molar-refractivity contribution in [3.63, 3.8) is 0 Å². The van der Waals surface area contributed by atoms with Crippen molar-refractivity contribution in [1.82, 2.24) is 9.80 Å². The van der Waals surface area contributed by atoms with Crippen molar-refractivity contribution < 1.29 is 9.53 Å². The van der Waals surface area contributed by atoms with E-state index in [1.165, 1.54) is 0 Å². The third kappa shape index (κ3) is 2.84. The fourth-order valence-corrected chi connectivity index (χ4v) is 3.00. The first-order valence-electron chi connectivity index (χ1n) is 6.96. The maximum atomic E-state index is 12.0. The summed E-state index contributed by atoms with van der Waals surface area (Å²) >= 11 is 0. The van der Waals surface area contributed by atoms with E-state index in [4.69, 9.17) is 10.5 Å². The number of carbonyl (C=O) groups is 1. The van der Waals surface area contributed by atoms with Crippen molar-refractivity contribution in [2.45, 2.75) is 44.8 Å². The van der Waals surface area contributed by atoms with Crippen molar-refractivity contribution in [2.75, 3.05) is 32.8 Å². The molecule has 5 heteroatoms. The highest BCUT2D eigenvalue weighted by Gasteiger charge is 2.35. The van der Waals surface area contributed by atoms with Gasteiger partial charge in [-0.2, -0.15) is 0 Å². The Morgan fingerprint density at radius 3 is 2.61 bits per heavy atom. The quantitative estimate of drug-likeness (QED) is 0.774. The molecule has 104 valence electrons. The molecule has 5 nitrogen and oxygen atoms in total. The average molecular weight is 255 g/mol. The second kappa shape index (κ2) is 5.99. The van der Waals surface area contributed by atoms with E-state index in [0.29, 0.717) is 25.2 Å². The van der Waals surface area contributed by atoms with Crippen LogP contribution in [0.25, 0.3) is 0 Å². The minimum absolute atomic E-state index is 0.0712. The molecule has 18 heavy (non-hydrogen) atoms. The van der Waals surface area contributed by atoms with Gasteiger partial charge in [0.05, 0.1) is 12.6 Å². The fourth-order valence-electron chi connectivity index (χ4n) is 3.00. The van der Waals surface area contributed by atoms with Gasteiger partial charge in [0.15, 0.2) is 0 Å². The van der Waals surface area contributed by atoms with Crippen LogP contribution in [0.1, 0.15) is 26.7 Å².